The minimum absolute atomic E-state index is 0.0622. The maximum Gasteiger partial charge on any atom is 0.344 e. The largest absolute Gasteiger partial charge is 0.466 e. The number of hydrogen-bond acceptors (Lipinski definition) is 5. The van der Waals surface area contributed by atoms with E-state index in [1.165, 1.54) is 7.11 Å². The Balaban J connectivity index is 3.37. The number of aliphatic hydroxyl groups excluding tert-OH is 1. The van der Waals surface area contributed by atoms with Crippen molar-refractivity contribution in [3.63, 3.8) is 0 Å². The standard InChI is InChI=1S/C7H12O5/c1-11-7(10)5-12-6(9)3-2-4-8/h8H,2-5H2,1H3. The minimum Gasteiger partial charge on any atom is -0.466 e. The molecule has 0 aliphatic rings. The zero-order valence-corrected chi connectivity index (χ0v) is 6.91. The van der Waals surface area contributed by atoms with Crippen LogP contribution in [0.5, 0.6) is 0 Å². The van der Waals surface area contributed by atoms with Crippen LogP contribution in [0.25, 0.3) is 0 Å². The summed E-state index contributed by atoms with van der Waals surface area (Å²) in [6.07, 6.45) is 0.466. The third-order valence-electron chi connectivity index (χ3n) is 1.12. The molecular formula is C7H12O5. The van der Waals surface area contributed by atoms with Gasteiger partial charge in [0.1, 0.15) is 0 Å². The Bertz CT molecular complexity index is 154. The molecule has 0 aliphatic heterocycles. The van der Waals surface area contributed by atoms with Crippen LogP contribution in [0, 0.1) is 0 Å². The molecule has 0 fully saturated rings. The van der Waals surface area contributed by atoms with E-state index in [1.54, 1.807) is 0 Å². The average Bonchev–Trinajstić information content (AvgIpc) is 2.10. The molecule has 0 saturated heterocycles. The van der Waals surface area contributed by atoms with Gasteiger partial charge in [-0.3, -0.25) is 4.79 Å². The first-order valence-corrected chi connectivity index (χ1v) is 3.54. The van der Waals surface area contributed by atoms with Crippen LogP contribution in [-0.4, -0.2) is 37.4 Å². The third kappa shape index (κ3) is 5.67. The number of rotatable bonds is 5. The van der Waals surface area contributed by atoms with E-state index in [2.05, 4.69) is 9.47 Å². The number of methoxy groups -OCH3 is 1. The number of esters is 2. The maximum atomic E-state index is 10.7. The molecule has 5 heteroatoms. The highest BCUT2D eigenvalue weighted by Crippen LogP contribution is 1.91. The van der Waals surface area contributed by atoms with Gasteiger partial charge in [0.05, 0.1) is 7.11 Å². The fraction of sp³-hybridized carbons (Fsp3) is 0.714. The fourth-order valence-corrected chi connectivity index (χ4v) is 0.494. The molecule has 5 nitrogen and oxygen atoms in total. The second-order valence-corrected chi connectivity index (χ2v) is 2.06. The van der Waals surface area contributed by atoms with Crippen LogP contribution in [0.4, 0.5) is 0 Å². The van der Waals surface area contributed by atoms with E-state index < -0.39 is 11.9 Å². The molecule has 0 bridgehead atoms. The van der Waals surface area contributed by atoms with E-state index in [1.807, 2.05) is 0 Å². The highest BCUT2D eigenvalue weighted by atomic mass is 16.6. The van der Waals surface area contributed by atoms with E-state index in [0.717, 1.165) is 0 Å². The van der Waals surface area contributed by atoms with Gasteiger partial charge in [-0.1, -0.05) is 0 Å². The predicted molar refractivity (Wildman–Crippen MR) is 39.3 cm³/mol. The van der Waals surface area contributed by atoms with E-state index in [0.29, 0.717) is 6.42 Å². The van der Waals surface area contributed by atoms with E-state index >= 15 is 0 Å². The molecule has 0 rings (SSSR count). The second-order valence-electron chi connectivity index (χ2n) is 2.06. The molecule has 0 spiro atoms. The van der Waals surface area contributed by atoms with Crippen LogP contribution in [-0.2, 0) is 19.1 Å². The Hall–Kier alpha value is -1.10. The van der Waals surface area contributed by atoms with Gasteiger partial charge in [0.15, 0.2) is 6.61 Å². The topological polar surface area (TPSA) is 72.8 Å². The van der Waals surface area contributed by atoms with Gasteiger partial charge in [0.25, 0.3) is 0 Å². The third-order valence-corrected chi connectivity index (χ3v) is 1.12. The van der Waals surface area contributed by atoms with Crippen LogP contribution < -0.4 is 0 Å². The lowest BCUT2D eigenvalue weighted by atomic mass is 10.3. The zero-order valence-electron chi connectivity index (χ0n) is 6.91. The van der Waals surface area contributed by atoms with Crippen molar-refractivity contribution in [3.8, 4) is 0 Å². The van der Waals surface area contributed by atoms with Crippen molar-refractivity contribution in [2.24, 2.45) is 0 Å². The summed E-state index contributed by atoms with van der Waals surface area (Å²) in [6.45, 7) is -0.423. The van der Waals surface area contributed by atoms with Crippen LogP contribution in [0.1, 0.15) is 12.8 Å². The van der Waals surface area contributed by atoms with Gasteiger partial charge in [0.2, 0.25) is 0 Å². The molecule has 0 aliphatic carbocycles. The van der Waals surface area contributed by atoms with E-state index in [4.69, 9.17) is 5.11 Å². The van der Waals surface area contributed by atoms with Crippen molar-refractivity contribution in [3.05, 3.63) is 0 Å². The van der Waals surface area contributed by atoms with Crippen molar-refractivity contribution < 1.29 is 24.2 Å². The number of aliphatic hydroxyl groups is 1. The lowest BCUT2D eigenvalue weighted by Crippen LogP contribution is -2.14. The summed E-state index contributed by atoms with van der Waals surface area (Å²) in [5, 5.41) is 8.34. The Morgan fingerprint density at radius 3 is 2.50 bits per heavy atom. The summed E-state index contributed by atoms with van der Waals surface area (Å²) >= 11 is 0. The highest BCUT2D eigenvalue weighted by Gasteiger charge is 2.05. The molecule has 0 aromatic carbocycles. The lowest BCUT2D eigenvalue weighted by molar-refractivity contribution is -0.157. The first-order chi connectivity index (χ1) is 5.70. The van der Waals surface area contributed by atoms with Gasteiger partial charge in [0, 0.05) is 13.0 Å². The smallest absolute Gasteiger partial charge is 0.344 e. The molecule has 0 saturated carbocycles. The second kappa shape index (κ2) is 6.60. The normalized spacial score (nSPS) is 9.17. The summed E-state index contributed by atoms with van der Waals surface area (Å²) in [4.78, 5) is 21.1. The van der Waals surface area contributed by atoms with Crippen molar-refractivity contribution >= 4 is 11.9 Å². The van der Waals surface area contributed by atoms with Crippen LogP contribution in [0.15, 0.2) is 0 Å². The SMILES string of the molecule is COC(=O)COC(=O)CCCO. The van der Waals surface area contributed by atoms with Crippen LogP contribution in [0.2, 0.25) is 0 Å². The summed E-state index contributed by atoms with van der Waals surface area (Å²) < 4.78 is 8.71. The van der Waals surface area contributed by atoms with Crippen molar-refractivity contribution in [2.75, 3.05) is 20.3 Å². The molecule has 0 heterocycles. The summed E-state index contributed by atoms with van der Waals surface area (Å²) in [5.41, 5.74) is 0. The predicted octanol–water partition coefficient (Wildman–Crippen LogP) is -0.525. The molecule has 70 valence electrons. The molecule has 0 atom stereocenters. The molecule has 0 amide bonds. The number of hydrogen-bond donors (Lipinski definition) is 1. The minimum atomic E-state index is -0.590. The molecule has 0 unspecified atom stereocenters. The molecule has 0 aromatic heterocycles. The van der Waals surface area contributed by atoms with Crippen molar-refractivity contribution in [2.45, 2.75) is 12.8 Å². The summed E-state index contributed by atoms with van der Waals surface area (Å²) in [5.74, 6) is -1.10. The molecule has 12 heavy (non-hydrogen) atoms. The van der Waals surface area contributed by atoms with Gasteiger partial charge in [-0.15, -0.1) is 0 Å². The van der Waals surface area contributed by atoms with E-state index in [9.17, 15) is 9.59 Å². The Morgan fingerprint density at radius 2 is 2.00 bits per heavy atom. The van der Waals surface area contributed by atoms with Gasteiger partial charge in [-0.05, 0) is 6.42 Å². The number of carbonyl (C=O) groups excluding carboxylic acids is 2. The fourth-order valence-electron chi connectivity index (χ4n) is 0.494. The Labute approximate surface area is 70.3 Å². The van der Waals surface area contributed by atoms with Gasteiger partial charge >= 0.3 is 11.9 Å². The van der Waals surface area contributed by atoms with Gasteiger partial charge in [-0.2, -0.15) is 0 Å². The average molecular weight is 176 g/mol. The van der Waals surface area contributed by atoms with Crippen LogP contribution in [0.3, 0.4) is 0 Å². The molecule has 0 aromatic rings. The van der Waals surface area contributed by atoms with Crippen molar-refractivity contribution in [1.29, 1.82) is 0 Å². The molecule has 1 N–H and O–H groups in total. The number of carbonyl (C=O) groups is 2. The van der Waals surface area contributed by atoms with Gasteiger partial charge < -0.3 is 14.6 Å². The quantitative estimate of drug-likeness (QED) is 0.570. The Kier molecular flexibility index (Phi) is 6.00. The molecule has 0 radical (unpaired) electrons. The molecular weight excluding hydrogens is 164 g/mol. The monoisotopic (exact) mass is 176 g/mol. The first-order valence-electron chi connectivity index (χ1n) is 3.54. The zero-order chi connectivity index (χ0) is 9.40. The first kappa shape index (κ1) is 10.9. The van der Waals surface area contributed by atoms with Crippen LogP contribution >= 0.6 is 0 Å². The van der Waals surface area contributed by atoms with E-state index in [-0.39, 0.29) is 19.6 Å². The Morgan fingerprint density at radius 1 is 1.33 bits per heavy atom. The maximum absolute atomic E-state index is 10.7. The lowest BCUT2D eigenvalue weighted by Gasteiger charge is -2.01. The van der Waals surface area contributed by atoms with Gasteiger partial charge in [-0.25, -0.2) is 4.79 Å². The summed E-state index contributed by atoms with van der Waals surface area (Å²) in [7, 11) is 1.21. The summed E-state index contributed by atoms with van der Waals surface area (Å²) in [6, 6.07) is 0. The highest BCUT2D eigenvalue weighted by molar-refractivity contribution is 5.76. The van der Waals surface area contributed by atoms with Crippen molar-refractivity contribution in [1.82, 2.24) is 0 Å². The number of ether oxygens (including phenoxy) is 2.